The summed E-state index contributed by atoms with van der Waals surface area (Å²) >= 11 is 0. The molecule has 0 bridgehead atoms. The van der Waals surface area contributed by atoms with Crippen LogP contribution in [0.25, 0.3) is 11.4 Å². The number of hydrogen-bond donors (Lipinski definition) is 0. The van der Waals surface area contributed by atoms with E-state index in [9.17, 15) is 0 Å². The molecule has 6 nitrogen and oxygen atoms in total. The van der Waals surface area contributed by atoms with E-state index in [-0.39, 0.29) is 0 Å². The molecular weight excluding hydrogens is 296 g/mol. The zero-order valence-electron chi connectivity index (χ0n) is 13.4. The average Bonchev–Trinajstić information content (AvgIpc) is 3.07. The van der Waals surface area contributed by atoms with E-state index in [1.807, 2.05) is 18.2 Å². The largest absolute Gasteiger partial charge is 0.493 e. The van der Waals surface area contributed by atoms with Crippen LogP contribution in [0.3, 0.4) is 0 Å². The number of ether oxygens (including phenoxy) is 3. The first-order valence-corrected chi connectivity index (χ1v) is 7.89. The number of benzene rings is 1. The minimum atomic E-state index is 0.333. The summed E-state index contributed by atoms with van der Waals surface area (Å²) in [5.41, 5.74) is 1.19. The van der Waals surface area contributed by atoms with E-state index in [1.54, 1.807) is 14.2 Å². The van der Waals surface area contributed by atoms with Gasteiger partial charge in [-0.3, -0.25) is 0 Å². The van der Waals surface area contributed by atoms with E-state index < -0.39 is 0 Å². The van der Waals surface area contributed by atoms with Crippen molar-refractivity contribution in [1.29, 1.82) is 0 Å². The van der Waals surface area contributed by atoms with Gasteiger partial charge in [-0.2, -0.15) is 4.98 Å². The van der Waals surface area contributed by atoms with Gasteiger partial charge in [-0.05, 0) is 42.9 Å². The lowest BCUT2D eigenvalue weighted by Crippen LogP contribution is -2.18. The highest BCUT2D eigenvalue weighted by molar-refractivity contribution is 5.60. The SMILES string of the molecule is COc1ccc(-c2noc(C3CC34CCOCC4)n2)cc1OC. The van der Waals surface area contributed by atoms with Crippen LogP contribution in [0.4, 0.5) is 0 Å². The van der Waals surface area contributed by atoms with Crippen LogP contribution in [0.5, 0.6) is 11.5 Å². The van der Waals surface area contributed by atoms with Crippen molar-refractivity contribution in [3.05, 3.63) is 24.1 Å². The molecule has 1 spiro atoms. The maximum atomic E-state index is 5.53. The Kier molecular flexibility index (Phi) is 3.49. The third-order valence-electron chi connectivity index (χ3n) is 5.06. The third-order valence-corrected chi connectivity index (χ3v) is 5.06. The second kappa shape index (κ2) is 5.53. The van der Waals surface area contributed by atoms with E-state index >= 15 is 0 Å². The number of rotatable bonds is 4. The van der Waals surface area contributed by atoms with Crippen molar-refractivity contribution in [2.75, 3.05) is 27.4 Å². The highest BCUT2D eigenvalue weighted by Gasteiger charge is 2.57. The molecule has 1 aliphatic heterocycles. The fourth-order valence-electron chi connectivity index (χ4n) is 3.50. The minimum Gasteiger partial charge on any atom is -0.493 e. The molecular formula is C17H20N2O4. The topological polar surface area (TPSA) is 66.6 Å². The summed E-state index contributed by atoms with van der Waals surface area (Å²) in [4.78, 5) is 4.61. The Morgan fingerprint density at radius 3 is 2.65 bits per heavy atom. The lowest BCUT2D eigenvalue weighted by atomic mass is 9.94. The van der Waals surface area contributed by atoms with Crippen molar-refractivity contribution < 1.29 is 18.7 Å². The Labute approximate surface area is 134 Å². The van der Waals surface area contributed by atoms with Crippen LogP contribution < -0.4 is 9.47 Å². The maximum absolute atomic E-state index is 5.53. The molecule has 1 aromatic heterocycles. The van der Waals surface area contributed by atoms with Gasteiger partial charge < -0.3 is 18.7 Å². The molecule has 122 valence electrons. The van der Waals surface area contributed by atoms with Crippen LogP contribution >= 0.6 is 0 Å². The molecule has 2 heterocycles. The average molecular weight is 316 g/mol. The number of hydrogen-bond acceptors (Lipinski definition) is 6. The van der Waals surface area contributed by atoms with Gasteiger partial charge in [0.1, 0.15) is 0 Å². The second-order valence-electron chi connectivity index (χ2n) is 6.26. The first-order valence-electron chi connectivity index (χ1n) is 7.89. The smallest absolute Gasteiger partial charge is 0.230 e. The molecule has 1 atom stereocenters. The molecule has 1 saturated heterocycles. The summed E-state index contributed by atoms with van der Waals surface area (Å²) in [5.74, 6) is 3.06. The molecule has 1 aliphatic carbocycles. The second-order valence-corrected chi connectivity index (χ2v) is 6.26. The molecule has 2 fully saturated rings. The van der Waals surface area contributed by atoms with Crippen LogP contribution in [0.2, 0.25) is 0 Å². The van der Waals surface area contributed by atoms with Gasteiger partial charge in [-0.25, -0.2) is 0 Å². The van der Waals surface area contributed by atoms with E-state index in [0.717, 1.165) is 43.9 Å². The molecule has 1 unspecified atom stereocenters. The maximum Gasteiger partial charge on any atom is 0.230 e. The number of methoxy groups -OCH3 is 2. The van der Waals surface area contributed by atoms with Gasteiger partial charge in [0.15, 0.2) is 11.5 Å². The summed E-state index contributed by atoms with van der Waals surface area (Å²) in [7, 11) is 3.23. The minimum absolute atomic E-state index is 0.333. The zero-order valence-corrected chi connectivity index (χ0v) is 13.4. The molecule has 1 aromatic carbocycles. The van der Waals surface area contributed by atoms with Crippen molar-refractivity contribution in [2.24, 2.45) is 5.41 Å². The molecule has 23 heavy (non-hydrogen) atoms. The molecule has 1 saturated carbocycles. The molecule has 0 amide bonds. The molecule has 6 heteroatoms. The van der Waals surface area contributed by atoms with Crippen LogP contribution in [-0.4, -0.2) is 37.6 Å². The molecule has 2 aromatic rings. The van der Waals surface area contributed by atoms with Crippen molar-refractivity contribution in [3.8, 4) is 22.9 Å². The van der Waals surface area contributed by atoms with Gasteiger partial charge in [-0.15, -0.1) is 0 Å². The normalized spacial score (nSPS) is 22.1. The highest BCUT2D eigenvalue weighted by Crippen LogP contribution is 2.64. The van der Waals surface area contributed by atoms with Crippen molar-refractivity contribution in [1.82, 2.24) is 10.1 Å². The van der Waals surface area contributed by atoms with Crippen LogP contribution in [0, 0.1) is 5.41 Å². The van der Waals surface area contributed by atoms with Crippen molar-refractivity contribution in [2.45, 2.75) is 25.2 Å². The van der Waals surface area contributed by atoms with Gasteiger partial charge in [0.05, 0.1) is 14.2 Å². The number of aromatic nitrogens is 2. The first kappa shape index (κ1) is 14.5. The molecule has 0 radical (unpaired) electrons. The lowest BCUT2D eigenvalue weighted by molar-refractivity contribution is 0.0544. The summed E-state index contributed by atoms with van der Waals surface area (Å²) in [6.07, 6.45) is 3.31. The van der Waals surface area contributed by atoms with E-state index in [0.29, 0.717) is 28.7 Å². The van der Waals surface area contributed by atoms with Crippen LogP contribution in [0.1, 0.15) is 31.1 Å². The van der Waals surface area contributed by atoms with Gasteiger partial charge >= 0.3 is 0 Å². The highest BCUT2D eigenvalue weighted by atomic mass is 16.5. The Hall–Kier alpha value is -2.08. The van der Waals surface area contributed by atoms with Gasteiger partial charge in [0.2, 0.25) is 11.7 Å². The fourth-order valence-corrected chi connectivity index (χ4v) is 3.50. The van der Waals surface area contributed by atoms with Gasteiger partial charge in [0, 0.05) is 24.7 Å². The molecule has 2 aliphatic rings. The standard InChI is InChI=1S/C17H20N2O4/c1-20-13-4-3-11(9-14(13)21-2)15-18-16(23-19-15)12-10-17(12)5-7-22-8-6-17/h3-4,9,12H,5-8,10H2,1-2H3. The first-order chi connectivity index (χ1) is 11.3. The van der Waals surface area contributed by atoms with Gasteiger partial charge in [0.25, 0.3) is 0 Å². The van der Waals surface area contributed by atoms with E-state index in [2.05, 4.69) is 10.1 Å². The Balaban J connectivity index is 1.57. The Morgan fingerprint density at radius 1 is 1.13 bits per heavy atom. The van der Waals surface area contributed by atoms with E-state index in [1.165, 1.54) is 0 Å². The van der Waals surface area contributed by atoms with Crippen molar-refractivity contribution >= 4 is 0 Å². The predicted molar refractivity (Wildman–Crippen MR) is 82.7 cm³/mol. The van der Waals surface area contributed by atoms with Gasteiger partial charge in [-0.1, -0.05) is 5.16 Å². The summed E-state index contributed by atoms with van der Waals surface area (Å²) in [6.45, 7) is 1.68. The van der Waals surface area contributed by atoms with E-state index in [4.69, 9.17) is 18.7 Å². The van der Waals surface area contributed by atoms with Crippen molar-refractivity contribution in [3.63, 3.8) is 0 Å². The fraction of sp³-hybridized carbons (Fsp3) is 0.529. The predicted octanol–water partition coefficient (Wildman–Crippen LogP) is 3.04. The summed E-state index contributed by atoms with van der Waals surface area (Å²) in [5, 5.41) is 4.14. The lowest BCUT2D eigenvalue weighted by Gasteiger charge is -2.21. The Bertz CT molecular complexity index is 706. The number of nitrogens with zero attached hydrogens (tertiary/aromatic N) is 2. The summed E-state index contributed by atoms with van der Waals surface area (Å²) in [6, 6.07) is 5.62. The Morgan fingerprint density at radius 2 is 1.91 bits per heavy atom. The summed E-state index contributed by atoms with van der Waals surface area (Å²) < 4.78 is 21.6. The van der Waals surface area contributed by atoms with Crippen LogP contribution in [0.15, 0.2) is 22.7 Å². The van der Waals surface area contributed by atoms with Crippen LogP contribution in [-0.2, 0) is 4.74 Å². The third kappa shape index (κ3) is 2.47. The monoisotopic (exact) mass is 316 g/mol. The molecule has 0 N–H and O–H groups in total. The zero-order chi connectivity index (χ0) is 15.9. The quantitative estimate of drug-likeness (QED) is 0.863. The molecule has 4 rings (SSSR count).